The average molecular weight is 531 g/mol. The van der Waals surface area contributed by atoms with Crippen LogP contribution in [-0.2, 0) is 9.59 Å². The van der Waals surface area contributed by atoms with Crippen molar-refractivity contribution in [1.29, 1.82) is 0 Å². The molecule has 2 aliphatic rings. The second-order valence-electron chi connectivity index (χ2n) is 10.6. The summed E-state index contributed by atoms with van der Waals surface area (Å²) in [6.45, 7) is 1.64. The van der Waals surface area contributed by atoms with Gasteiger partial charge in [-0.15, -0.1) is 15.0 Å². The minimum Gasteiger partial charge on any atom is -0.368 e. The van der Waals surface area contributed by atoms with Crippen LogP contribution in [0.1, 0.15) is 62.0 Å². The number of anilines is 2. The maximum absolute atomic E-state index is 14.3. The van der Waals surface area contributed by atoms with Gasteiger partial charge in [-0.05, 0) is 66.1 Å². The van der Waals surface area contributed by atoms with E-state index in [4.69, 9.17) is 11.5 Å². The highest BCUT2D eigenvalue weighted by atomic mass is 16.2. The first kappa shape index (κ1) is 26.3. The average Bonchev–Trinajstić information content (AvgIpc) is 3.43. The predicted octanol–water partition coefficient (Wildman–Crippen LogP) is 3.20. The van der Waals surface area contributed by atoms with Gasteiger partial charge in [0.05, 0.1) is 5.69 Å². The summed E-state index contributed by atoms with van der Waals surface area (Å²) >= 11 is 0. The summed E-state index contributed by atoms with van der Waals surface area (Å²) in [7, 11) is 0. The van der Waals surface area contributed by atoms with Gasteiger partial charge in [-0.2, -0.15) is 0 Å². The van der Waals surface area contributed by atoms with Gasteiger partial charge in [0.1, 0.15) is 18.3 Å². The molecule has 3 aromatic rings. The maximum atomic E-state index is 14.3. The lowest BCUT2D eigenvalue weighted by molar-refractivity contribution is -0.123. The molecule has 1 saturated carbocycles. The molecule has 11 heteroatoms. The number of aryl methyl sites for hydroxylation is 1. The lowest BCUT2D eigenvalue weighted by Crippen LogP contribution is -2.54. The zero-order valence-corrected chi connectivity index (χ0v) is 22.1. The third kappa shape index (κ3) is 5.47. The zero-order chi connectivity index (χ0) is 27.5. The fourth-order valence-corrected chi connectivity index (χ4v) is 6.17. The summed E-state index contributed by atoms with van der Waals surface area (Å²) in [4.78, 5) is 43.7. The molecule has 11 nitrogen and oxygen atoms in total. The number of benzene rings is 2. The largest absolute Gasteiger partial charge is 0.368 e. The molecule has 0 radical (unpaired) electrons. The maximum Gasteiger partial charge on any atom is 0.320 e. The molecule has 4 amide bonds. The molecule has 0 bridgehead atoms. The molecular formula is C28H34N8O3. The molecule has 204 valence electrons. The Balaban J connectivity index is 1.64. The monoisotopic (exact) mass is 530 g/mol. The van der Waals surface area contributed by atoms with Gasteiger partial charge in [-0.25, -0.2) is 4.79 Å². The number of amides is 4. The van der Waals surface area contributed by atoms with Crippen LogP contribution in [0.25, 0.3) is 5.69 Å². The number of carbonyl (C=O) groups is 3. The Kier molecular flexibility index (Phi) is 7.58. The first-order chi connectivity index (χ1) is 18.8. The van der Waals surface area contributed by atoms with Crippen LogP contribution < -0.4 is 21.3 Å². The molecule has 2 unspecified atom stereocenters. The van der Waals surface area contributed by atoms with Crippen molar-refractivity contribution < 1.29 is 14.4 Å². The lowest BCUT2D eigenvalue weighted by atomic mass is 9.78. The van der Waals surface area contributed by atoms with Crippen LogP contribution in [0.15, 0.2) is 48.8 Å². The fourth-order valence-electron chi connectivity index (χ4n) is 6.17. The van der Waals surface area contributed by atoms with Crippen molar-refractivity contribution in [2.24, 2.45) is 17.4 Å². The summed E-state index contributed by atoms with van der Waals surface area (Å²) in [6.07, 6.45) is 8.43. The van der Waals surface area contributed by atoms with Crippen molar-refractivity contribution >= 4 is 29.2 Å². The summed E-state index contributed by atoms with van der Waals surface area (Å²) in [5.74, 6) is -0.566. The lowest BCUT2D eigenvalue weighted by Gasteiger charge is -2.33. The van der Waals surface area contributed by atoms with E-state index in [0.29, 0.717) is 29.4 Å². The van der Waals surface area contributed by atoms with Crippen LogP contribution in [0.4, 0.5) is 16.2 Å². The first-order valence-electron chi connectivity index (χ1n) is 13.4. The number of urea groups is 1. The Bertz CT molecular complexity index is 1350. The summed E-state index contributed by atoms with van der Waals surface area (Å²) in [6, 6.07) is 11.2. The molecule has 39 heavy (non-hydrogen) atoms. The summed E-state index contributed by atoms with van der Waals surface area (Å²) < 4.78 is 0. The smallest absolute Gasteiger partial charge is 0.320 e. The number of carbonyl (C=O) groups excluding carboxylic acids is 3. The van der Waals surface area contributed by atoms with E-state index in [1.165, 1.54) is 40.2 Å². The second-order valence-corrected chi connectivity index (χ2v) is 10.6. The van der Waals surface area contributed by atoms with Crippen LogP contribution >= 0.6 is 0 Å². The van der Waals surface area contributed by atoms with Gasteiger partial charge in [0, 0.05) is 5.69 Å². The van der Waals surface area contributed by atoms with Crippen molar-refractivity contribution in [2.75, 3.05) is 16.3 Å². The van der Waals surface area contributed by atoms with E-state index in [0.717, 1.165) is 30.4 Å². The van der Waals surface area contributed by atoms with Crippen LogP contribution in [0.2, 0.25) is 0 Å². The van der Waals surface area contributed by atoms with Gasteiger partial charge in [-0.3, -0.25) is 14.5 Å². The number of primary amides is 2. The zero-order valence-electron chi connectivity index (χ0n) is 22.1. The Morgan fingerprint density at radius 1 is 1.05 bits per heavy atom. The van der Waals surface area contributed by atoms with Crippen molar-refractivity contribution in [3.8, 4) is 5.69 Å². The third-order valence-electron chi connectivity index (χ3n) is 7.89. The van der Waals surface area contributed by atoms with Crippen molar-refractivity contribution in [3.05, 3.63) is 59.9 Å². The van der Waals surface area contributed by atoms with E-state index in [1.54, 1.807) is 24.3 Å². The molecule has 1 aliphatic carbocycles. The standard InChI is InChI=1S/C28H34N8O3/c1-18-11-12-21-20(14-19-7-3-2-4-8-19)15-25(27(38)34(16-26(29)37)24(21)13-18)35(28(30)39)22-9-5-6-10-23(22)36-32-17-31-33-36/h5-6,9-13,17,19-20,25H,2-4,7-8,14-16H2,1H3,(H2,29,37)(H2,30,39). The molecular weight excluding hydrogens is 496 g/mol. The number of nitrogens with two attached hydrogens (primary N) is 2. The minimum absolute atomic E-state index is 0.0333. The van der Waals surface area contributed by atoms with E-state index in [1.807, 2.05) is 25.1 Å². The number of hydrogen-bond donors (Lipinski definition) is 2. The van der Waals surface area contributed by atoms with E-state index in [2.05, 4.69) is 15.4 Å². The second kappa shape index (κ2) is 11.2. The topological polar surface area (TPSA) is 153 Å². The highest BCUT2D eigenvalue weighted by Crippen LogP contribution is 2.43. The Morgan fingerprint density at radius 3 is 2.51 bits per heavy atom. The predicted molar refractivity (Wildman–Crippen MR) is 146 cm³/mol. The van der Waals surface area contributed by atoms with Gasteiger partial charge in [0.15, 0.2) is 6.33 Å². The molecule has 1 aromatic heterocycles. The van der Waals surface area contributed by atoms with Gasteiger partial charge < -0.3 is 16.4 Å². The molecule has 1 fully saturated rings. The van der Waals surface area contributed by atoms with Crippen molar-refractivity contribution in [2.45, 2.75) is 63.8 Å². The molecule has 2 aromatic carbocycles. The number of rotatable bonds is 7. The van der Waals surface area contributed by atoms with E-state index in [9.17, 15) is 14.4 Å². The van der Waals surface area contributed by atoms with Crippen molar-refractivity contribution in [3.63, 3.8) is 0 Å². The summed E-state index contributed by atoms with van der Waals surface area (Å²) in [5.41, 5.74) is 15.1. The number of nitrogens with zero attached hydrogens (tertiary/aromatic N) is 6. The molecule has 2 heterocycles. The Hall–Kier alpha value is -4.28. The minimum atomic E-state index is -0.979. The van der Waals surface area contributed by atoms with Crippen molar-refractivity contribution in [1.82, 2.24) is 20.2 Å². The van der Waals surface area contributed by atoms with Gasteiger partial charge >= 0.3 is 6.03 Å². The van der Waals surface area contributed by atoms with Crippen LogP contribution in [-0.4, -0.2) is 50.6 Å². The molecule has 4 N–H and O–H groups in total. The molecule has 1 aliphatic heterocycles. The first-order valence-corrected chi connectivity index (χ1v) is 13.4. The van der Waals surface area contributed by atoms with E-state index < -0.39 is 23.9 Å². The van der Waals surface area contributed by atoms with Crippen LogP contribution in [0.5, 0.6) is 0 Å². The molecule has 0 spiro atoms. The fraction of sp³-hybridized carbons (Fsp3) is 0.429. The third-order valence-corrected chi connectivity index (χ3v) is 7.89. The van der Waals surface area contributed by atoms with E-state index >= 15 is 0 Å². The Labute approximate surface area is 227 Å². The quantitative estimate of drug-likeness (QED) is 0.478. The number of para-hydroxylation sites is 2. The van der Waals surface area contributed by atoms with Gasteiger partial charge in [0.25, 0.3) is 5.91 Å². The summed E-state index contributed by atoms with van der Waals surface area (Å²) in [5, 5.41) is 11.9. The normalized spacial score (nSPS) is 19.8. The number of fused-ring (bicyclic) bond motifs is 1. The molecule has 5 rings (SSSR count). The molecule has 0 saturated heterocycles. The molecule has 2 atom stereocenters. The van der Waals surface area contributed by atoms with Gasteiger partial charge in [-0.1, -0.05) is 56.4 Å². The van der Waals surface area contributed by atoms with Crippen LogP contribution in [0, 0.1) is 12.8 Å². The number of tetrazole rings is 1. The highest BCUT2D eigenvalue weighted by molar-refractivity contribution is 6.08. The van der Waals surface area contributed by atoms with Crippen LogP contribution in [0.3, 0.4) is 0 Å². The highest BCUT2D eigenvalue weighted by Gasteiger charge is 2.42. The van der Waals surface area contributed by atoms with E-state index in [-0.39, 0.29) is 12.5 Å². The SMILES string of the molecule is Cc1ccc2c(c1)N(CC(N)=O)C(=O)C(N(C(N)=O)c1ccccc1-n1ncnn1)CC2CC1CCCCC1. The number of aromatic nitrogens is 4. The van der Waals surface area contributed by atoms with Gasteiger partial charge in [0.2, 0.25) is 5.91 Å². The number of hydrogen-bond acceptors (Lipinski definition) is 6. The Morgan fingerprint density at radius 2 is 1.82 bits per heavy atom.